The molecule has 3 aromatic rings. The number of ether oxygens (including phenoxy) is 2. The van der Waals surface area contributed by atoms with Gasteiger partial charge in [-0.15, -0.1) is 6.42 Å². The van der Waals surface area contributed by atoms with Gasteiger partial charge in [0.2, 0.25) is 0 Å². The van der Waals surface area contributed by atoms with Crippen molar-refractivity contribution in [1.82, 2.24) is 0 Å². The summed E-state index contributed by atoms with van der Waals surface area (Å²) in [6.45, 7) is 0.136. The highest BCUT2D eigenvalue weighted by Gasteiger charge is 2.29. The molecule has 0 aliphatic rings. The van der Waals surface area contributed by atoms with Crippen LogP contribution in [0.2, 0.25) is 0 Å². The maximum Gasteiger partial charge on any atom is 0.268 e. The molecule has 0 N–H and O–H groups in total. The normalized spacial score (nSPS) is 10.8. The third-order valence-electron chi connectivity index (χ3n) is 4.41. The van der Waals surface area contributed by atoms with E-state index in [-0.39, 0.29) is 17.2 Å². The zero-order chi connectivity index (χ0) is 20.9. The van der Waals surface area contributed by atoms with Crippen LogP contribution in [0.1, 0.15) is 11.1 Å². The average Bonchev–Trinajstić information content (AvgIpc) is 2.77. The van der Waals surface area contributed by atoms with Crippen LogP contribution in [0.4, 0.5) is 5.69 Å². The summed E-state index contributed by atoms with van der Waals surface area (Å²) in [6.07, 6.45) is 5.52. The molecule has 6 heteroatoms. The molecule has 5 nitrogen and oxygen atoms in total. The van der Waals surface area contributed by atoms with Gasteiger partial charge in [-0.25, -0.2) is 8.42 Å². The third-order valence-corrected chi connectivity index (χ3v) is 6.20. The van der Waals surface area contributed by atoms with Gasteiger partial charge in [0, 0.05) is 11.6 Å². The first-order valence-corrected chi connectivity index (χ1v) is 10.3. The van der Waals surface area contributed by atoms with Crippen LogP contribution in [0, 0.1) is 12.3 Å². The topological polar surface area (TPSA) is 55.8 Å². The Bertz CT molecular complexity index is 1140. The molecule has 0 spiro atoms. The number of rotatable bonds is 7. The molecule has 0 heterocycles. The van der Waals surface area contributed by atoms with Crippen molar-refractivity contribution in [3.05, 3.63) is 83.9 Å². The quantitative estimate of drug-likeness (QED) is 0.554. The smallest absolute Gasteiger partial charge is 0.268 e. The lowest BCUT2D eigenvalue weighted by molar-refractivity contribution is 0.392. The molecule has 0 saturated heterocycles. The highest BCUT2D eigenvalue weighted by molar-refractivity contribution is 7.93. The fourth-order valence-electron chi connectivity index (χ4n) is 2.92. The first-order valence-electron chi connectivity index (χ1n) is 8.85. The predicted octanol–water partition coefficient (Wildman–Crippen LogP) is 4.08. The number of hydrogen-bond acceptors (Lipinski definition) is 4. The zero-order valence-electron chi connectivity index (χ0n) is 16.2. The van der Waals surface area contributed by atoms with Crippen LogP contribution in [0.5, 0.6) is 11.5 Å². The summed E-state index contributed by atoms with van der Waals surface area (Å²) in [7, 11) is -1.08. The average molecular weight is 407 g/mol. The molecule has 0 aliphatic heterocycles. The van der Waals surface area contributed by atoms with Gasteiger partial charge in [0.15, 0.2) is 0 Å². The zero-order valence-corrected chi connectivity index (χ0v) is 17.0. The molecule has 0 bridgehead atoms. The molecule has 0 aliphatic carbocycles. The van der Waals surface area contributed by atoms with Gasteiger partial charge in [-0.1, -0.05) is 42.3 Å². The van der Waals surface area contributed by atoms with Crippen molar-refractivity contribution in [1.29, 1.82) is 0 Å². The van der Waals surface area contributed by atoms with E-state index in [1.165, 1.54) is 24.6 Å². The van der Waals surface area contributed by atoms with Crippen molar-refractivity contribution in [2.45, 2.75) is 11.4 Å². The van der Waals surface area contributed by atoms with E-state index in [0.717, 1.165) is 5.56 Å². The largest absolute Gasteiger partial charge is 0.497 e. The summed E-state index contributed by atoms with van der Waals surface area (Å²) >= 11 is 0. The third kappa shape index (κ3) is 4.36. The van der Waals surface area contributed by atoms with Gasteiger partial charge < -0.3 is 9.47 Å². The Morgan fingerprint density at radius 3 is 2.34 bits per heavy atom. The first kappa shape index (κ1) is 20.3. The molecule has 0 fully saturated rings. The Labute approximate surface area is 171 Å². The molecule has 0 saturated carbocycles. The monoisotopic (exact) mass is 407 g/mol. The molecule has 0 aromatic heterocycles. The molecular formula is C23H21NO4S. The van der Waals surface area contributed by atoms with E-state index in [4.69, 9.17) is 15.9 Å². The summed E-state index contributed by atoms with van der Waals surface area (Å²) in [4.78, 5) is 0.0152. The van der Waals surface area contributed by atoms with Crippen molar-refractivity contribution in [3.63, 3.8) is 0 Å². The van der Waals surface area contributed by atoms with Crippen molar-refractivity contribution < 1.29 is 17.9 Å². The van der Waals surface area contributed by atoms with Gasteiger partial charge in [0.25, 0.3) is 10.0 Å². The van der Waals surface area contributed by atoms with Crippen LogP contribution in [-0.2, 0) is 16.6 Å². The van der Waals surface area contributed by atoms with Gasteiger partial charge in [-0.3, -0.25) is 4.31 Å². The number of terminal acetylenes is 1. The molecule has 0 radical (unpaired) electrons. The molecule has 148 valence electrons. The van der Waals surface area contributed by atoms with Gasteiger partial charge in [-0.05, 0) is 35.9 Å². The van der Waals surface area contributed by atoms with E-state index in [2.05, 4.69) is 5.92 Å². The minimum absolute atomic E-state index is 0.0152. The van der Waals surface area contributed by atoms with Crippen molar-refractivity contribution >= 4 is 15.7 Å². The molecule has 0 unspecified atom stereocenters. The van der Waals surface area contributed by atoms with Crippen LogP contribution < -0.4 is 13.8 Å². The molecule has 0 atom stereocenters. The Kier molecular flexibility index (Phi) is 6.10. The lowest BCUT2D eigenvalue weighted by Gasteiger charge is -2.26. The number of hydrogen-bond donors (Lipinski definition) is 0. The SMILES string of the molecule is C#Cc1cccc(N(Cc2ccccc2)S(=O)(=O)c2cc(OC)ccc2OC)c1. The Hall–Kier alpha value is -3.43. The van der Waals surface area contributed by atoms with Crippen molar-refractivity contribution in [2.75, 3.05) is 18.5 Å². The summed E-state index contributed by atoms with van der Waals surface area (Å²) < 4.78 is 39.3. The maximum atomic E-state index is 13.7. The predicted molar refractivity (Wildman–Crippen MR) is 114 cm³/mol. The standard InChI is InChI=1S/C23H21NO4S/c1-4-18-11-8-12-20(15-18)24(17-19-9-6-5-7-10-19)29(25,26)23-16-21(27-2)13-14-22(23)28-3/h1,5-16H,17H2,2-3H3. The molecular weight excluding hydrogens is 386 g/mol. The minimum atomic E-state index is -3.99. The van der Waals surface area contributed by atoms with Crippen LogP contribution in [0.15, 0.2) is 77.7 Å². The van der Waals surface area contributed by atoms with Gasteiger partial charge in [-0.2, -0.15) is 0 Å². The molecule has 3 rings (SSSR count). The number of methoxy groups -OCH3 is 2. The summed E-state index contributed by atoms with van der Waals surface area (Å²) in [5.41, 5.74) is 1.89. The Morgan fingerprint density at radius 1 is 0.931 bits per heavy atom. The Morgan fingerprint density at radius 2 is 1.69 bits per heavy atom. The molecule has 0 amide bonds. The number of benzene rings is 3. The Balaban J connectivity index is 2.18. The van der Waals surface area contributed by atoms with E-state index in [0.29, 0.717) is 17.0 Å². The van der Waals surface area contributed by atoms with E-state index < -0.39 is 10.0 Å². The summed E-state index contributed by atoms with van der Waals surface area (Å²) in [5, 5.41) is 0. The van der Waals surface area contributed by atoms with Gasteiger partial charge >= 0.3 is 0 Å². The van der Waals surface area contributed by atoms with Crippen molar-refractivity contribution in [3.8, 4) is 23.8 Å². The van der Waals surface area contributed by atoms with E-state index >= 15 is 0 Å². The fourth-order valence-corrected chi connectivity index (χ4v) is 4.54. The first-order chi connectivity index (χ1) is 14.0. The van der Waals surface area contributed by atoms with E-state index in [1.807, 2.05) is 30.3 Å². The fraction of sp³-hybridized carbons (Fsp3) is 0.130. The van der Waals surface area contributed by atoms with Crippen LogP contribution in [0.25, 0.3) is 0 Å². The van der Waals surface area contributed by atoms with Gasteiger partial charge in [0.1, 0.15) is 16.4 Å². The number of sulfonamides is 1. The molecule has 3 aromatic carbocycles. The van der Waals surface area contributed by atoms with Crippen molar-refractivity contribution in [2.24, 2.45) is 0 Å². The second-order valence-corrected chi connectivity index (χ2v) is 8.04. The number of anilines is 1. The second kappa shape index (κ2) is 8.72. The van der Waals surface area contributed by atoms with Gasteiger partial charge in [0.05, 0.1) is 26.5 Å². The maximum absolute atomic E-state index is 13.7. The van der Waals surface area contributed by atoms with Crippen LogP contribution >= 0.6 is 0 Å². The van der Waals surface area contributed by atoms with Crippen LogP contribution in [0.3, 0.4) is 0 Å². The highest BCUT2D eigenvalue weighted by Crippen LogP contribution is 2.34. The summed E-state index contributed by atoms with van der Waals surface area (Å²) in [5.74, 6) is 3.20. The second-order valence-electron chi connectivity index (χ2n) is 6.21. The van der Waals surface area contributed by atoms with E-state index in [9.17, 15) is 8.42 Å². The van der Waals surface area contributed by atoms with E-state index in [1.54, 1.807) is 36.4 Å². The lowest BCUT2D eigenvalue weighted by atomic mass is 10.2. The minimum Gasteiger partial charge on any atom is -0.497 e. The highest BCUT2D eigenvalue weighted by atomic mass is 32.2. The lowest BCUT2D eigenvalue weighted by Crippen LogP contribution is -2.31. The molecule has 29 heavy (non-hydrogen) atoms. The number of nitrogens with zero attached hydrogens (tertiary/aromatic N) is 1. The van der Waals surface area contributed by atoms with Crippen LogP contribution in [-0.4, -0.2) is 22.6 Å². The summed E-state index contributed by atoms with van der Waals surface area (Å²) in [6, 6.07) is 20.9.